The van der Waals surface area contributed by atoms with E-state index in [-0.39, 0.29) is 5.69 Å². The van der Waals surface area contributed by atoms with Crippen molar-refractivity contribution in [1.29, 1.82) is 0 Å². The Balaban J connectivity index is 3.08. The van der Waals surface area contributed by atoms with Crippen molar-refractivity contribution in [3.63, 3.8) is 0 Å². The summed E-state index contributed by atoms with van der Waals surface area (Å²) in [6.45, 7) is 0. The Bertz CT molecular complexity index is 447. The molecule has 1 aromatic carbocycles. The van der Waals surface area contributed by atoms with Crippen molar-refractivity contribution in [3.8, 4) is 5.75 Å². The van der Waals surface area contributed by atoms with Crippen molar-refractivity contribution in [2.24, 2.45) is 0 Å². The molecule has 0 spiro atoms. The fraction of sp³-hybridized carbons (Fsp3) is 0.250. The molecule has 0 atom stereocenters. The number of nitrogens with one attached hydrogen (secondary N) is 1. The Morgan fingerprint density at radius 2 is 2.13 bits per heavy atom. The van der Waals surface area contributed by atoms with E-state index in [1.54, 1.807) is 12.1 Å². The molecule has 0 radical (unpaired) electrons. The van der Waals surface area contributed by atoms with Gasteiger partial charge in [-0.25, -0.2) is 8.42 Å². The van der Waals surface area contributed by atoms with Crippen LogP contribution in [0.5, 0.6) is 5.75 Å². The van der Waals surface area contributed by atoms with Crippen molar-refractivity contribution < 1.29 is 13.2 Å². The van der Waals surface area contributed by atoms with Crippen molar-refractivity contribution in [3.05, 3.63) is 23.2 Å². The van der Waals surface area contributed by atoms with Gasteiger partial charge >= 0.3 is 0 Å². The summed E-state index contributed by atoms with van der Waals surface area (Å²) in [6.07, 6.45) is 0. The molecule has 4 nitrogen and oxygen atoms in total. The van der Waals surface area contributed by atoms with Crippen LogP contribution in [0, 0.1) is 0 Å². The highest BCUT2D eigenvalue weighted by atomic mass is 35.5. The molecule has 0 bridgehead atoms. The largest absolute Gasteiger partial charge is 0.495 e. The first-order valence-corrected chi connectivity index (χ1v) is 6.45. The van der Waals surface area contributed by atoms with E-state index < -0.39 is 15.2 Å². The van der Waals surface area contributed by atoms with Crippen LogP contribution in [0.15, 0.2) is 18.2 Å². The van der Waals surface area contributed by atoms with Gasteiger partial charge in [-0.15, -0.1) is 11.6 Å². The van der Waals surface area contributed by atoms with E-state index in [4.69, 9.17) is 27.9 Å². The second-order valence-electron chi connectivity index (χ2n) is 2.67. The zero-order valence-corrected chi connectivity index (χ0v) is 10.2. The molecule has 0 heterocycles. The number of benzene rings is 1. The molecule has 0 fully saturated rings. The number of ether oxygens (including phenoxy) is 1. The zero-order chi connectivity index (χ0) is 11.5. The maximum atomic E-state index is 11.2. The van der Waals surface area contributed by atoms with Gasteiger partial charge in [0.2, 0.25) is 10.0 Å². The molecule has 1 rings (SSSR count). The lowest BCUT2D eigenvalue weighted by Crippen LogP contribution is -2.14. The monoisotopic (exact) mass is 269 g/mol. The van der Waals surface area contributed by atoms with Crippen molar-refractivity contribution >= 4 is 38.9 Å². The summed E-state index contributed by atoms with van der Waals surface area (Å²) in [6, 6.07) is 4.61. The summed E-state index contributed by atoms with van der Waals surface area (Å²) in [4.78, 5) is 0. The van der Waals surface area contributed by atoms with Crippen LogP contribution >= 0.6 is 23.2 Å². The van der Waals surface area contributed by atoms with E-state index in [0.717, 1.165) is 0 Å². The van der Waals surface area contributed by atoms with Gasteiger partial charge in [-0.1, -0.05) is 11.6 Å². The third kappa shape index (κ3) is 3.44. The minimum absolute atomic E-state index is 0.269. The van der Waals surface area contributed by atoms with Gasteiger partial charge in [0.15, 0.2) is 0 Å². The normalized spacial score (nSPS) is 11.1. The Kier molecular flexibility index (Phi) is 4.07. The lowest BCUT2D eigenvalue weighted by molar-refractivity contribution is 0.417. The van der Waals surface area contributed by atoms with Crippen LogP contribution in [-0.4, -0.2) is 20.7 Å². The third-order valence-electron chi connectivity index (χ3n) is 1.57. The molecule has 15 heavy (non-hydrogen) atoms. The average Bonchev–Trinajstić information content (AvgIpc) is 2.18. The third-order valence-corrected chi connectivity index (χ3v) is 3.49. The van der Waals surface area contributed by atoms with E-state index in [9.17, 15) is 8.42 Å². The lowest BCUT2D eigenvalue weighted by Gasteiger charge is -2.10. The molecule has 0 aliphatic rings. The highest BCUT2D eigenvalue weighted by Crippen LogP contribution is 2.28. The van der Waals surface area contributed by atoms with Crippen LogP contribution in [-0.2, 0) is 10.0 Å². The predicted octanol–water partition coefficient (Wildman–Crippen LogP) is 2.29. The standard InChI is InChI=1S/C8H9Cl2NO3S/c1-14-8-3-2-6(10)4-7(8)11-15(12,13)5-9/h2-4,11H,5H2,1H3. The molecule has 1 N–H and O–H groups in total. The van der Waals surface area contributed by atoms with Gasteiger partial charge < -0.3 is 4.74 Å². The molecule has 1 aromatic rings. The molecule has 0 unspecified atom stereocenters. The Labute approximate surface area is 98.2 Å². The number of alkyl halides is 1. The van der Waals surface area contributed by atoms with E-state index in [1.807, 2.05) is 0 Å². The lowest BCUT2D eigenvalue weighted by atomic mass is 10.3. The highest BCUT2D eigenvalue weighted by molar-refractivity contribution is 7.93. The number of halogens is 2. The molecule has 0 aliphatic heterocycles. The van der Waals surface area contributed by atoms with Gasteiger partial charge in [0.25, 0.3) is 0 Å². The van der Waals surface area contributed by atoms with Crippen LogP contribution in [0.2, 0.25) is 5.02 Å². The average molecular weight is 270 g/mol. The summed E-state index contributed by atoms with van der Waals surface area (Å²) in [7, 11) is -2.11. The van der Waals surface area contributed by atoms with Crippen LogP contribution in [0.4, 0.5) is 5.69 Å². The van der Waals surface area contributed by atoms with Gasteiger partial charge in [-0.3, -0.25) is 4.72 Å². The van der Waals surface area contributed by atoms with Gasteiger partial charge in [-0.05, 0) is 18.2 Å². The molecule has 0 saturated carbocycles. The second-order valence-corrected chi connectivity index (χ2v) is 5.41. The molecule has 84 valence electrons. The number of anilines is 1. The van der Waals surface area contributed by atoms with Gasteiger partial charge in [0.05, 0.1) is 12.8 Å². The fourth-order valence-electron chi connectivity index (χ4n) is 0.955. The van der Waals surface area contributed by atoms with Crippen LogP contribution in [0.3, 0.4) is 0 Å². The summed E-state index contributed by atoms with van der Waals surface area (Å²) in [5, 5.41) is -0.120. The summed E-state index contributed by atoms with van der Waals surface area (Å²) in [5.74, 6) is 0.382. The summed E-state index contributed by atoms with van der Waals surface area (Å²) < 4.78 is 29.6. The Morgan fingerprint density at radius 3 is 2.67 bits per heavy atom. The van der Waals surface area contributed by atoms with Crippen molar-refractivity contribution in [1.82, 2.24) is 0 Å². The van der Waals surface area contributed by atoms with Crippen LogP contribution in [0.1, 0.15) is 0 Å². The molecule has 0 saturated heterocycles. The van der Waals surface area contributed by atoms with E-state index >= 15 is 0 Å². The van der Waals surface area contributed by atoms with Crippen LogP contribution in [0.25, 0.3) is 0 Å². The first-order chi connectivity index (χ1) is 6.98. The maximum absolute atomic E-state index is 11.2. The second kappa shape index (κ2) is 4.92. The topological polar surface area (TPSA) is 55.4 Å². The quantitative estimate of drug-likeness (QED) is 0.854. The smallest absolute Gasteiger partial charge is 0.246 e. The number of hydrogen-bond donors (Lipinski definition) is 1. The summed E-state index contributed by atoms with van der Waals surface area (Å²) >= 11 is 11.0. The Hall–Kier alpha value is -0.650. The minimum Gasteiger partial charge on any atom is -0.495 e. The van der Waals surface area contributed by atoms with E-state index in [0.29, 0.717) is 10.8 Å². The number of rotatable bonds is 4. The van der Waals surface area contributed by atoms with Gasteiger partial charge in [-0.2, -0.15) is 0 Å². The fourth-order valence-corrected chi connectivity index (χ4v) is 1.84. The van der Waals surface area contributed by atoms with Gasteiger partial charge in [0.1, 0.15) is 11.0 Å². The number of methoxy groups -OCH3 is 1. The summed E-state index contributed by atoms with van der Waals surface area (Å²) in [5.41, 5.74) is 0.269. The molecular weight excluding hydrogens is 261 g/mol. The molecule has 7 heteroatoms. The van der Waals surface area contributed by atoms with Crippen molar-refractivity contribution in [2.75, 3.05) is 17.0 Å². The van der Waals surface area contributed by atoms with Crippen LogP contribution < -0.4 is 9.46 Å². The predicted molar refractivity (Wildman–Crippen MR) is 61.3 cm³/mol. The first-order valence-electron chi connectivity index (χ1n) is 3.88. The Morgan fingerprint density at radius 1 is 1.47 bits per heavy atom. The van der Waals surface area contributed by atoms with E-state index in [1.165, 1.54) is 13.2 Å². The zero-order valence-electron chi connectivity index (χ0n) is 7.83. The minimum atomic E-state index is -3.55. The molecule has 0 aromatic heterocycles. The molecular formula is C8H9Cl2NO3S. The molecule has 0 amide bonds. The maximum Gasteiger partial charge on any atom is 0.246 e. The molecule has 0 aliphatic carbocycles. The van der Waals surface area contributed by atoms with Crippen molar-refractivity contribution in [2.45, 2.75) is 0 Å². The SMILES string of the molecule is COc1ccc(Cl)cc1NS(=O)(=O)CCl. The first kappa shape index (κ1) is 12.4. The number of hydrogen-bond acceptors (Lipinski definition) is 3. The van der Waals surface area contributed by atoms with Gasteiger partial charge in [0, 0.05) is 5.02 Å². The number of sulfonamides is 1. The van der Waals surface area contributed by atoms with E-state index in [2.05, 4.69) is 4.72 Å². The highest BCUT2D eigenvalue weighted by Gasteiger charge is 2.12.